The molecule has 0 aromatic heterocycles. The number of halogens is 5. The Morgan fingerprint density at radius 3 is 1.68 bits per heavy atom. The Labute approximate surface area is 257 Å². The number of hydrogen-bond acceptors (Lipinski definition) is 3. The summed E-state index contributed by atoms with van der Waals surface area (Å²) < 4.78 is 27.0. The Balaban J connectivity index is 0.00000187. The number of hydrogen-bond donors (Lipinski definition) is 0. The zero-order valence-electron chi connectivity index (χ0n) is 23.0. The van der Waals surface area contributed by atoms with E-state index in [9.17, 15) is 8.78 Å². The van der Waals surface area contributed by atoms with Crippen LogP contribution in [0.25, 0.3) is 0 Å². The Morgan fingerprint density at radius 1 is 0.625 bits per heavy atom. The molecule has 2 heterocycles. The first-order valence-electron chi connectivity index (χ1n) is 13.9. The maximum absolute atomic E-state index is 13.5. The third-order valence-electron chi connectivity index (χ3n) is 8.24. The van der Waals surface area contributed by atoms with Crippen molar-refractivity contribution in [2.45, 2.75) is 44.2 Å². The fourth-order valence-electron chi connectivity index (χ4n) is 6.07. The van der Waals surface area contributed by atoms with Crippen molar-refractivity contribution in [1.82, 2.24) is 14.7 Å². The van der Waals surface area contributed by atoms with Crippen molar-refractivity contribution in [2.75, 3.05) is 45.8 Å². The molecule has 3 nitrogen and oxygen atoms in total. The first-order valence-corrected chi connectivity index (χ1v) is 13.9. The standard InChI is InChI=1S/C32H39F2N3.3ClH/c33-29-12-8-27(9-13-29)32(28-10-14-30(34)15-11-28)7-4-18-35-19-16-31(17-20-35)37-23-21-36(22-24-37)25-26-5-2-1-3-6-26;;;/h1-3,5-6,8-15,31-32H,4,7,16-25H2;3*1H. The van der Waals surface area contributed by atoms with E-state index in [4.69, 9.17) is 0 Å². The fraction of sp³-hybridized carbons (Fsp3) is 0.438. The highest BCUT2D eigenvalue weighted by Crippen LogP contribution is 2.30. The minimum atomic E-state index is -0.220. The summed E-state index contributed by atoms with van der Waals surface area (Å²) in [6, 6.07) is 25.1. The third-order valence-corrected chi connectivity index (χ3v) is 8.24. The van der Waals surface area contributed by atoms with Gasteiger partial charge in [0.1, 0.15) is 11.6 Å². The van der Waals surface area contributed by atoms with Crippen LogP contribution in [-0.4, -0.2) is 66.6 Å². The molecule has 8 heteroatoms. The van der Waals surface area contributed by atoms with Gasteiger partial charge in [-0.25, -0.2) is 8.78 Å². The van der Waals surface area contributed by atoms with Crippen molar-refractivity contribution in [1.29, 1.82) is 0 Å². The minimum absolute atomic E-state index is 0. The lowest BCUT2D eigenvalue weighted by Gasteiger charge is -2.43. The minimum Gasteiger partial charge on any atom is -0.303 e. The molecule has 0 spiro atoms. The lowest BCUT2D eigenvalue weighted by molar-refractivity contribution is 0.0563. The average molecular weight is 613 g/mol. The van der Waals surface area contributed by atoms with Crippen LogP contribution in [0.2, 0.25) is 0 Å². The first-order chi connectivity index (χ1) is 18.1. The monoisotopic (exact) mass is 611 g/mol. The largest absolute Gasteiger partial charge is 0.303 e. The molecule has 3 aromatic rings. The van der Waals surface area contributed by atoms with Gasteiger partial charge in [-0.05, 0) is 86.3 Å². The summed E-state index contributed by atoms with van der Waals surface area (Å²) in [5.41, 5.74) is 3.60. The van der Waals surface area contributed by atoms with Crippen molar-refractivity contribution in [3.8, 4) is 0 Å². The molecule has 0 atom stereocenters. The second-order valence-electron chi connectivity index (χ2n) is 10.7. The number of piperazine rings is 1. The molecule has 0 aliphatic carbocycles. The van der Waals surface area contributed by atoms with Crippen LogP contribution in [0.1, 0.15) is 48.3 Å². The van der Waals surface area contributed by atoms with E-state index in [0.29, 0.717) is 6.04 Å². The number of rotatable bonds is 9. The van der Waals surface area contributed by atoms with E-state index in [0.717, 1.165) is 63.2 Å². The van der Waals surface area contributed by atoms with Crippen molar-refractivity contribution in [2.24, 2.45) is 0 Å². The van der Waals surface area contributed by atoms with Crippen molar-refractivity contribution >= 4 is 37.2 Å². The Bertz CT molecular complexity index is 1040. The van der Waals surface area contributed by atoms with E-state index in [2.05, 4.69) is 45.0 Å². The third kappa shape index (κ3) is 9.68. The summed E-state index contributed by atoms with van der Waals surface area (Å²) in [5, 5.41) is 0. The molecule has 0 unspecified atom stereocenters. The van der Waals surface area contributed by atoms with Gasteiger partial charge in [-0.3, -0.25) is 9.80 Å². The predicted octanol–water partition coefficient (Wildman–Crippen LogP) is 7.42. The SMILES string of the molecule is Cl.Cl.Cl.Fc1ccc(C(CCCN2CCC(N3CCN(Cc4ccccc4)CC3)CC2)c2ccc(F)cc2)cc1. The van der Waals surface area contributed by atoms with Crippen molar-refractivity contribution < 1.29 is 8.78 Å². The molecule has 220 valence electrons. The molecule has 0 saturated carbocycles. The van der Waals surface area contributed by atoms with Gasteiger partial charge in [0, 0.05) is 44.7 Å². The highest BCUT2D eigenvalue weighted by molar-refractivity contribution is 5.86. The van der Waals surface area contributed by atoms with E-state index in [1.165, 1.54) is 55.8 Å². The van der Waals surface area contributed by atoms with Crippen LogP contribution in [0.15, 0.2) is 78.9 Å². The summed E-state index contributed by atoms with van der Waals surface area (Å²) in [6.45, 7) is 9.12. The molecule has 0 amide bonds. The normalized spacial score (nSPS) is 17.1. The molecular weight excluding hydrogens is 571 g/mol. The van der Waals surface area contributed by atoms with Gasteiger partial charge < -0.3 is 4.90 Å². The zero-order chi connectivity index (χ0) is 25.5. The zero-order valence-corrected chi connectivity index (χ0v) is 25.4. The molecule has 3 aromatic carbocycles. The number of nitrogens with zero attached hydrogens (tertiary/aromatic N) is 3. The predicted molar refractivity (Wildman–Crippen MR) is 168 cm³/mol. The van der Waals surface area contributed by atoms with Gasteiger partial charge in [0.2, 0.25) is 0 Å². The highest BCUT2D eigenvalue weighted by atomic mass is 35.5. The lowest BCUT2D eigenvalue weighted by Crippen LogP contribution is -2.53. The van der Waals surface area contributed by atoms with Gasteiger partial charge in [0.15, 0.2) is 0 Å². The fourth-order valence-corrected chi connectivity index (χ4v) is 6.07. The van der Waals surface area contributed by atoms with Gasteiger partial charge in [-0.15, -0.1) is 37.2 Å². The van der Waals surface area contributed by atoms with Crippen LogP contribution in [0, 0.1) is 11.6 Å². The molecule has 0 bridgehead atoms. The summed E-state index contributed by atoms with van der Waals surface area (Å²) in [7, 11) is 0. The van der Waals surface area contributed by atoms with Crippen LogP contribution < -0.4 is 0 Å². The van der Waals surface area contributed by atoms with Gasteiger partial charge in [0.05, 0.1) is 0 Å². The smallest absolute Gasteiger partial charge is 0.123 e. The average Bonchev–Trinajstić information content (AvgIpc) is 2.94. The molecule has 0 radical (unpaired) electrons. The Hall–Kier alpha value is -1.73. The molecule has 2 fully saturated rings. The van der Waals surface area contributed by atoms with Crippen molar-refractivity contribution in [3.05, 3.63) is 107 Å². The van der Waals surface area contributed by atoms with Crippen molar-refractivity contribution in [3.63, 3.8) is 0 Å². The van der Waals surface area contributed by atoms with E-state index in [1.807, 2.05) is 24.3 Å². The van der Waals surface area contributed by atoms with Crippen LogP contribution in [0.4, 0.5) is 8.78 Å². The van der Waals surface area contributed by atoms with E-state index in [1.54, 1.807) is 0 Å². The topological polar surface area (TPSA) is 9.72 Å². The maximum Gasteiger partial charge on any atom is 0.123 e. The molecule has 0 N–H and O–H groups in total. The quantitative estimate of drug-likeness (QED) is 0.249. The number of piperidine rings is 1. The van der Waals surface area contributed by atoms with Gasteiger partial charge in [-0.2, -0.15) is 0 Å². The van der Waals surface area contributed by atoms with Crippen LogP contribution in [-0.2, 0) is 6.54 Å². The van der Waals surface area contributed by atoms with Gasteiger partial charge in [-0.1, -0.05) is 54.6 Å². The second-order valence-corrected chi connectivity index (χ2v) is 10.7. The highest BCUT2D eigenvalue weighted by Gasteiger charge is 2.27. The molecule has 40 heavy (non-hydrogen) atoms. The maximum atomic E-state index is 13.5. The molecule has 2 aliphatic rings. The molecule has 5 rings (SSSR count). The first kappa shape index (κ1) is 34.5. The number of likely N-dealkylation sites (tertiary alicyclic amines) is 1. The summed E-state index contributed by atoms with van der Waals surface area (Å²) in [6.07, 6.45) is 4.54. The molecular formula is C32H42Cl3F2N3. The second kappa shape index (κ2) is 17.3. The van der Waals surface area contributed by atoms with E-state index in [-0.39, 0.29) is 54.8 Å². The Morgan fingerprint density at radius 2 is 1.15 bits per heavy atom. The van der Waals surface area contributed by atoms with Crippen LogP contribution in [0.3, 0.4) is 0 Å². The summed E-state index contributed by atoms with van der Waals surface area (Å²) >= 11 is 0. The van der Waals surface area contributed by atoms with Gasteiger partial charge in [0.25, 0.3) is 0 Å². The van der Waals surface area contributed by atoms with E-state index >= 15 is 0 Å². The Kier molecular flexibility index (Phi) is 14.9. The molecule has 2 saturated heterocycles. The van der Waals surface area contributed by atoms with Crippen LogP contribution >= 0.6 is 37.2 Å². The summed E-state index contributed by atoms with van der Waals surface area (Å²) in [4.78, 5) is 7.91. The summed E-state index contributed by atoms with van der Waals surface area (Å²) in [5.74, 6) is -0.282. The van der Waals surface area contributed by atoms with Crippen LogP contribution in [0.5, 0.6) is 0 Å². The van der Waals surface area contributed by atoms with Gasteiger partial charge >= 0.3 is 0 Å². The molecule has 2 aliphatic heterocycles. The lowest BCUT2D eigenvalue weighted by atomic mass is 9.87. The number of benzene rings is 3. The van der Waals surface area contributed by atoms with E-state index < -0.39 is 0 Å².